The van der Waals surface area contributed by atoms with Crippen molar-refractivity contribution < 1.29 is 4.42 Å². The number of benzene rings is 10. The van der Waals surface area contributed by atoms with Crippen molar-refractivity contribution in [2.45, 2.75) is 0 Å². The fourth-order valence-electron chi connectivity index (χ4n) is 8.92. The van der Waals surface area contributed by atoms with E-state index in [1.165, 1.54) is 69.2 Å². The first-order valence-electron chi connectivity index (χ1n) is 19.4. The van der Waals surface area contributed by atoms with Gasteiger partial charge in [0.25, 0.3) is 0 Å². The molecular formula is C54H33NOS. The second-order valence-electron chi connectivity index (χ2n) is 14.8. The van der Waals surface area contributed by atoms with Gasteiger partial charge in [0.1, 0.15) is 5.58 Å². The monoisotopic (exact) mass is 743 g/mol. The number of fused-ring (bicyclic) bond motifs is 10. The van der Waals surface area contributed by atoms with E-state index in [4.69, 9.17) is 4.42 Å². The van der Waals surface area contributed by atoms with Crippen LogP contribution in [0.4, 0.5) is 17.1 Å². The van der Waals surface area contributed by atoms with Crippen LogP contribution < -0.4 is 4.90 Å². The van der Waals surface area contributed by atoms with Gasteiger partial charge >= 0.3 is 0 Å². The SMILES string of the molecule is c1ccc2cc(-c3ccc(N(c4ccc(-c5ccc6ccc7ccccc7c6c5)c5c4oc4ccccc45)c4cccc5sc6ccccc6c45)cc3)ccc2c1. The molecule has 0 amide bonds. The van der Waals surface area contributed by atoms with E-state index in [9.17, 15) is 0 Å². The minimum Gasteiger partial charge on any atom is -0.454 e. The summed E-state index contributed by atoms with van der Waals surface area (Å²) >= 11 is 1.84. The molecule has 2 heterocycles. The lowest BCUT2D eigenvalue weighted by Gasteiger charge is -2.27. The number of hydrogen-bond donors (Lipinski definition) is 0. The van der Waals surface area contributed by atoms with Crippen LogP contribution in [0.5, 0.6) is 0 Å². The molecule has 0 N–H and O–H groups in total. The van der Waals surface area contributed by atoms with E-state index >= 15 is 0 Å². The number of thiophene rings is 1. The van der Waals surface area contributed by atoms with Crippen molar-refractivity contribution in [3.8, 4) is 22.3 Å². The third-order valence-corrected chi connectivity index (χ3v) is 12.8. The number of rotatable bonds is 5. The Kier molecular flexibility index (Phi) is 7.13. The summed E-state index contributed by atoms with van der Waals surface area (Å²) in [5.74, 6) is 0. The van der Waals surface area contributed by atoms with Gasteiger partial charge in [-0.05, 0) is 109 Å². The van der Waals surface area contributed by atoms with Crippen LogP contribution in [0.25, 0.3) is 96.7 Å². The third kappa shape index (κ3) is 5.10. The topological polar surface area (TPSA) is 16.4 Å². The minimum atomic E-state index is 0.863. The highest BCUT2D eigenvalue weighted by atomic mass is 32.1. The maximum absolute atomic E-state index is 7.00. The van der Waals surface area contributed by atoms with E-state index in [1.807, 2.05) is 11.3 Å². The van der Waals surface area contributed by atoms with Gasteiger partial charge in [0.2, 0.25) is 0 Å². The Bertz CT molecular complexity index is 3540. The first kappa shape index (κ1) is 32.1. The van der Waals surface area contributed by atoms with Gasteiger partial charge in [-0.15, -0.1) is 11.3 Å². The lowest BCUT2D eigenvalue weighted by molar-refractivity contribution is 0.669. The number of para-hydroxylation sites is 1. The molecule has 2 aromatic heterocycles. The van der Waals surface area contributed by atoms with Crippen LogP contribution in [0.3, 0.4) is 0 Å². The van der Waals surface area contributed by atoms with Gasteiger partial charge in [-0.1, -0.05) is 146 Å². The van der Waals surface area contributed by atoms with Crippen LogP contribution in [0.2, 0.25) is 0 Å². The summed E-state index contributed by atoms with van der Waals surface area (Å²) < 4.78 is 9.54. The van der Waals surface area contributed by atoms with E-state index in [-0.39, 0.29) is 0 Å². The Labute approximate surface area is 333 Å². The molecule has 0 radical (unpaired) electrons. The van der Waals surface area contributed by atoms with Crippen LogP contribution in [0.15, 0.2) is 205 Å². The standard InChI is InChI=1S/C54H33NOS/c1-2-12-38-32-39(24-20-34(38)10-1)35-26-28-41(29-27-35)55(47-16-9-19-51-53(47)45-15-6-8-18-50(45)57-51)48-31-30-43(52-44-14-5-7-17-49(44)56-54(48)52)40-25-23-37-22-21-36-11-3-4-13-42(36)46(37)33-40/h1-33H. The van der Waals surface area contributed by atoms with Crippen molar-refractivity contribution >= 4 is 103 Å². The fourth-order valence-corrected chi connectivity index (χ4v) is 10.0. The molecule has 0 bridgehead atoms. The second-order valence-corrected chi connectivity index (χ2v) is 15.9. The Hall–Kier alpha value is -7.20. The summed E-state index contributed by atoms with van der Waals surface area (Å²) in [5, 5.41) is 12.2. The van der Waals surface area contributed by atoms with Crippen molar-refractivity contribution in [2.24, 2.45) is 0 Å². The van der Waals surface area contributed by atoms with Crippen LogP contribution in [-0.2, 0) is 0 Å². The van der Waals surface area contributed by atoms with Crippen LogP contribution in [0.1, 0.15) is 0 Å². The zero-order valence-corrected chi connectivity index (χ0v) is 31.6. The first-order valence-corrected chi connectivity index (χ1v) is 20.2. The lowest BCUT2D eigenvalue weighted by Crippen LogP contribution is -2.10. The number of furan rings is 1. The molecule has 0 aliphatic heterocycles. The molecule has 0 saturated heterocycles. The summed E-state index contributed by atoms with van der Waals surface area (Å²) in [6.07, 6.45) is 0. The molecule has 12 aromatic rings. The number of nitrogens with zero attached hydrogens (tertiary/aromatic N) is 1. The largest absolute Gasteiger partial charge is 0.454 e. The van der Waals surface area contributed by atoms with E-state index in [0.717, 1.165) is 44.6 Å². The summed E-state index contributed by atoms with van der Waals surface area (Å²) in [5.41, 5.74) is 9.61. The van der Waals surface area contributed by atoms with Gasteiger partial charge < -0.3 is 9.32 Å². The van der Waals surface area contributed by atoms with Crippen LogP contribution in [0, 0.1) is 0 Å². The van der Waals surface area contributed by atoms with Gasteiger partial charge in [0, 0.05) is 36.6 Å². The molecule has 266 valence electrons. The van der Waals surface area contributed by atoms with Crippen molar-refractivity contribution in [3.63, 3.8) is 0 Å². The van der Waals surface area contributed by atoms with E-state index in [2.05, 4.69) is 205 Å². The summed E-state index contributed by atoms with van der Waals surface area (Å²) in [6.45, 7) is 0. The normalized spacial score (nSPS) is 11.9. The molecule has 0 aliphatic rings. The zero-order valence-electron chi connectivity index (χ0n) is 30.8. The maximum atomic E-state index is 7.00. The highest BCUT2D eigenvalue weighted by molar-refractivity contribution is 7.26. The Morgan fingerprint density at radius 3 is 1.89 bits per heavy atom. The summed E-state index contributed by atoms with van der Waals surface area (Å²) in [4.78, 5) is 2.41. The van der Waals surface area contributed by atoms with Gasteiger partial charge in [-0.2, -0.15) is 0 Å². The number of hydrogen-bond acceptors (Lipinski definition) is 3. The van der Waals surface area contributed by atoms with Gasteiger partial charge in [0.05, 0.1) is 11.4 Å². The molecule has 0 fully saturated rings. The van der Waals surface area contributed by atoms with Crippen LogP contribution >= 0.6 is 11.3 Å². The highest BCUT2D eigenvalue weighted by Gasteiger charge is 2.24. The smallest absolute Gasteiger partial charge is 0.160 e. The van der Waals surface area contributed by atoms with Gasteiger partial charge in [0.15, 0.2) is 5.58 Å². The Morgan fingerprint density at radius 2 is 1.02 bits per heavy atom. The Morgan fingerprint density at radius 1 is 0.368 bits per heavy atom. The van der Waals surface area contributed by atoms with Crippen molar-refractivity contribution in [1.82, 2.24) is 0 Å². The summed E-state index contributed by atoms with van der Waals surface area (Å²) in [7, 11) is 0. The third-order valence-electron chi connectivity index (χ3n) is 11.6. The molecule has 0 unspecified atom stereocenters. The van der Waals surface area contributed by atoms with E-state index < -0.39 is 0 Å². The summed E-state index contributed by atoms with van der Waals surface area (Å²) in [6, 6.07) is 72.7. The lowest BCUT2D eigenvalue weighted by atomic mass is 9.94. The van der Waals surface area contributed by atoms with Gasteiger partial charge in [-0.25, -0.2) is 0 Å². The molecule has 0 atom stereocenters. The molecule has 0 saturated carbocycles. The molecule has 10 aromatic carbocycles. The quantitative estimate of drug-likeness (QED) is 0.163. The first-order chi connectivity index (χ1) is 28.2. The number of anilines is 3. The van der Waals surface area contributed by atoms with E-state index in [0.29, 0.717) is 0 Å². The Balaban J connectivity index is 1.11. The zero-order chi connectivity index (χ0) is 37.5. The average molecular weight is 744 g/mol. The molecule has 12 rings (SSSR count). The molecule has 57 heavy (non-hydrogen) atoms. The average Bonchev–Trinajstić information content (AvgIpc) is 3.86. The molecule has 3 heteroatoms. The second kappa shape index (κ2) is 12.7. The minimum absolute atomic E-state index is 0.863. The molecule has 2 nitrogen and oxygen atoms in total. The fraction of sp³-hybridized carbons (Fsp3) is 0. The van der Waals surface area contributed by atoms with Gasteiger partial charge in [-0.3, -0.25) is 0 Å². The molecule has 0 spiro atoms. The maximum Gasteiger partial charge on any atom is 0.160 e. The highest BCUT2D eigenvalue weighted by Crippen LogP contribution is 2.49. The van der Waals surface area contributed by atoms with Crippen molar-refractivity contribution in [2.75, 3.05) is 4.90 Å². The van der Waals surface area contributed by atoms with Crippen LogP contribution in [-0.4, -0.2) is 0 Å². The molecular weight excluding hydrogens is 711 g/mol. The van der Waals surface area contributed by atoms with Crippen molar-refractivity contribution in [3.05, 3.63) is 200 Å². The predicted molar refractivity (Wildman–Crippen MR) is 245 cm³/mol. The van der Waals surface area contributed by atoms with Crippen molar-refractivity contribution in [1.29, 1.82) is 0 Å². The van der Waals surface area contributed by atoms with E-state index in [1.54, 1.807) is 0 Å². The molecule has 0 aliphatic carbocycles. The predicted octanol–water partition coefficient (Wildman–Crippen LogP) is 16.2.